The Morgan fingerprint density at radius 3 is 2.17 bits per heavy atom. The highest BCUT2D eigenvalue weighted by Gasteiger charge is 2.29. The molecular formula is C16H24BrN3O4. The van der Waals surface area contributed by atoms with Crippen LogP contribution in [-0.4, -0.2) is 33.7 Å². The molecule has 0 aromatic carbocycles. The molecule has 7 nitrogen and oxygen atoms in total. The predicted octanol–water partition coefficient (Wildman–Crippen LogP) is 3.39. The summed E-state index contributed by atoms with van der Waals surface area (Å²) >= 11 is 3.24. The lowest BCUT2D eigenvalue weighted by Gasteiger charge is -2.25. The van der Waals surface area contributed by atoms with Crippen LogP contribution in [0.2, 0.25) is 0 Å². The van der Waals surface area contributed by atoms with Crippen molar-refractivity contribution < 1.29 is 19.1 Å². The average Bonchev–Trinajstić information content (AvgIpc) is 2.43. The van der Waals surface area contributed by atoms with E-state index in [4.69, 9.17) is 9.47 Å². The summed E-state index contributed by atoms with van der Waals surface area (Å²) in [5.74, 6) is -0.343. The fraction of sp³-hybridized carbons (Fsp3) is 0.625. The molecule has 0 saturated heterocycles. The van der Waals surface area contributed by atoms with Gasteiger partial charge in [-0.15, -0.1) is 0 Å². The van der Waals surface area contributed by atoms with E-state index in [-0.39, 0.29) is 5.92 Å². The van der Waals surface area contributed by atoms with Crippen LogP contribution >= 0.6 is 15.9 Å². The molecule has 8 heteroatoms. The summed E-state index contributed by atoms with van der Waals surface area (Å²) in [6.45, 7) is 10.5. The van der Waals surface area contributed by atoms with Crippen LogP contribution in [0, 0.1) is 5.92 Å². The standard InChI is InChI=1S/C16H24BrN3O4/c1-9(2)12(20-15(22)24-16(4,5)6)14(21)23-10(3)13-18-7-11(17)8-19-13/h7-10,12H,1-6H3,(H,20,22)/t10?,12-/m1/s1. The SMILES string of the molecule is CC(OC(=O)[C@H](NC(=O)OC(C)(C)C)C(C)C)c1ncc(Br)cn1. The van der Waals surface area contributed by atoms with E-state index in [0.29, 0.717) is 5.82 Å². The summed E-state index contributed by atoms with van der Waals surface area (Å²) in [7, 11) is 0. The number of alkyl carbamates (subject to hydrolysis) is 1. The third kappa shape index (κ3) is 6.82. The van der Waals surface area contributed by atoms with Gasteiger partial charge in [0.15, 0.2) is 11.9 Å². The summed E-state index contributed by atoms with van der Waals surface area (Å²) in [6, 6.07) is -0.822. The minimum Gasteiger partial charge on any atom is -0.453 e. The molecule has 1 N–H and O–H groups in total. The number of ether oxygens (including phenoxy) is 2. The Labute approximate surface area is 150 Å². The van der Waals surface area contributed by atoms with E-state index in [1.807, 2.05) is 13.8 Å². The maximum atomic E-state index is 12.4. The van der Waals surface area contributed by atoms with Crippen molar-refractivity contribution in [3.05, 3.63) is 22.7 Å². The van der Waals surface area contributed by atoms with Gasteiger partial charge in [-0.2, -0.15) is 0 Å². The molecule has 0 saturated carbocycles. The molecule has 1 unspecified atom stereocenters. The molecule has 0 radical (unpaired) electrons. The minimum atomic E-state index is -0.822. The normalized spacial score (nSPS) is 14.0. The molecule has 134 valence electrons. The number of aromatic nitrogens is 2. The van der Waals surface area contributed by atoms with Crippen molar-refractivity contribution in [2.45, 2.75) is 59.3 Å². The second-order valence-corrected chi connectivity index (χ2v) is 7.62. The number of nitrogens with zero attached hydrogens (tertiary/aromatic N) is 2. The minimum absolute atomic E-state index is 0.164. The second kappa shape index (κ2) is 8.41. The smallest absolute Gasteiger partial charge is 0.408 e. The molecule has 1 amide bonds. The van der Waals surface area contributed by atoms with Crippen LogP contribution in [0.1, 0.15) is 53.5 Å². The first-order valence-electron chi connectivity index (χ1n) is 7.67. The molecule has 0 aliphatic rings. The van der Waals surface area contributed by atoms with Crippen molar-refractivity contribution in [2.24, 2.45) is 5.92 Å². The Morgan fingerprint density at radius 2 is 1.71 bits per heavy atom. The third-order valence-corrected chi connectivity index (χ3v) is 3.30. The predicted molar refractivity (Wildman–Crippen MR) is 92.2 cm³/mol. The Bertz CT molecular complexity index is 570. The first kappa shape index (κ1) is 20.3. The van der Waals surface area contributed by atoms with Crippen molar-refractivity contribution in [3.8, 4) is 0 Å². The van der Waals surface area contributed by atoms with Crippen LogP contribution in [0.3, 0.4) is 0 Å². The number of amides is 1. The number of halogens is 1. The zero-order valence-corrected chi connectivity index (χ0v) is 16.4. The molecule has 2 atom stereocenters. The van der Waals surface area contributed by atoms with Gasteiger partial charge in [-0.25, -0.2) is 19.6 Å². The molecule has 0 aliphatic carbocycles. The van der Waals surface area contributed by atoms with E-state index in [1.54, 1.807) is 40.1 Å². The summed E-state index contributed by atoms with van der Waals surface area (Å²) < 4.78 is 11.3. The number of rotatable bonds is 5. The maximum Gasteiger partial charge on any atom is 0.408 e. The number of hydrogen-bond donors (Lipinski definition) is 1. The summed E-state index contributed by atoms with van der Waals surface area (Å²) in [6.07, 6.45) is 1.86. The molecule has 0 spiro atoms. The third-order valence-electron chi connectivity index (χ3n) is 2.89. The van der Waals surface area contributed by atoms with Gasteiger partial charge >= 0.3 is 12.1 Å². The van der Waals surface area contributed by atoms with E-state index >= 15 is 0 Å². The van der Waals surface area contributed by atoms with Gasteiger partial charge in [0.2, 0.25) is 0 Å². The largest absolute Gasteiger partial charge is 0.453 e. The van der Waals surface area contributed by atoms with Gasteiger partial charge < -0.3 is 14.8 Å². The van der Waals surface area contributed by atoms with E-state index in [2.05, 4.69) is 31.2 Å². The van der Waals surface area contributed by atoms with E-state index in [1.165, 1.54) is 0 Å². The van der Waals surface area contributed by atoms with Crippen LogP contribution in [0.4, 0.5) is 4.79 Å². The van der Waals surface area contributed by atoms with Gasteiger partial charge in [0.1, 0.15) is 11.6 Å². The Hall–Kier alpha value is -1.70. The average molecular weight is 402 g/mol. The number of carbonyl (C=O) groups is 2. The molecule has 1 rings (SSSR count). The molecule has 0 aliphatic heterocycles. The Balaban J connectivity index is 2.72. The quantitative estimate of drug-likeness (QED) is 0.760. The number of hydrogen-bond acceptors (Lipinski definition) is 6. The van der Waals surface area contributed by atoms with Crippen molar-refractivity contribution in [2.75, 3.05) is 0 Å². The highest BCUT2D eigenvalue weighted by atomic mass is 79.9. The highest BCUT2D eigenvalue weighted by Crippen LogP contribution is 2.17. The zero-order valence-electron chi connectivity index (χ0n) is 14.8. The fourth-order valence-corrected chi connectivity index (χ4v) is 1.97. The first-order chi connectivity index (χ1) is 11.0. The first-order valence-corrected chi connectivity index (χ1v) is 8.46. The van der Waals surface area contributed by atoms with Crippen LogP contribution in [0.5, 0.6) is 0 Å². The monoisotopic (exact) mass is 401 g/mol. The van der Waals surface area contributed by atoms with Crippen LogP contribution in [-0.2, 0) is 14.3 Å². The molecule has 1 aromatic rings. The fourth-order valence-electron chi connectivity index (χ4n) is 1.76. The Morgan fingerprint density at radius 1 is 1.17 bits per heavy atom. The summed E-state index contributed by atoms with van der Waals surface area (Å²) in [5, 5.41) is 2.55. The summed E-state index contributed by atoms with van der Waals surface area (Å²) in [4.78, 5) is 32.5. The van der Waals surface area contributed by atoms with E-state index in [0.717, 1.165) is 4.47 Å². The number of esters is 1. The van der Waals surface area contributed by atoms with Crippen LogP contribution < -0.4 is 5.32 Å². The lowest BCUT2D eigenvalue weighted by molar-refractivity contribution is -0.152. The number of nitrogens with one attached hydrogen (secondary N) is 1. The number of carbonyl (C=O) groups excluding carboxylic acids is 2. The molecule has 1 aromatic heterocycles. The summed E-state index contributed by atoms with van der Waals surface area (Å²) in [5.41, 5.74) is -0.645. The molecule has 0 fully saturated rings. The van der Waals surface area contributed by atoms with Crippen molar-refractivity contribution in [3.63, 3.8) is 0 Å². The van der Waals surface area contributed by atoms with Gasteiger partial charge in [-0.1, -0.05) is 13.8 Å². The molecular weight excluding hydrogens is 378 g/mol. The second-order valence-electron chi connectivity index (χ2n) is 6.71. The topological polar surface area (TPSA) is 90.4 Å². The van der Waals surface area contributed by atoms with Gasteiger partial charge in [0.05, 0.1) is 4.47 Å². The van der Waals surface area contributed by atoms with Gasteiger partial charge in [0.25, 0.3) is 0 Å². The van der Waals surface area contributed by atoms with Crippen molar-refractivity contribution >= 4 is 28.0 Å². The van der Waals surface area contributed by atoms with Gasteiger partial charge in [-0.05, 0) is 49.5 Å². The molecule has 0 bridgehead atoms. The molecule has 24 heavy (non-hydrogen) atoms. The molecule has 1 heterocycles. The van der Waals surface area contributed by atoms with Crippen molar-refractivity contribution in [1.29, 1.82) is 0 Å². The highest BCUT2D eigenvalue weighted by molar-refractivity contribution is 9.10. The van der Waals surface area contributed by atoms with Gasteiger partial charge in [0, 0.05) is 12.4 Å². The van der Waals surface area contributed by atoms with Crippen LogP contribution in [0.25, 0.3) is 0 Å². The Kier molecular flexibility index (Phi) is 7.13. The lowest BCUT2D eigenvalue weighted by Crippen LogP contribution is -2.47. The van der Waals surface area contributed by atoms with Gasteiger partial charge in [-0.3, -0.25) is 0 Å². The van der Waals surface area contributed by atoms with E-state index < -0.39 is 29.8 Å². The lowest BCUT2D eigenvalue weighted by atomic mass is 10.1. The zero-order chi connectivity index (χ0) is 18.5. The van der Waals surface area contributed by atoms with Crippen molar-refractivity contribution in [1.82, 2.24) is 15.3 Å². The van der Waals surface area contributed by atoms with Crippen LogP contribution in [0.15, 0.2) is 16.9 Å². The van der Waals surface area contributed by atoms with E-state index in [9.17, 15) is 9.59 Å². The maximum absolute atomic E-state index is 12.4.